The van der Waals surface area contributed by atoms with Gasteiger partial charge in [-0.1, -0.05) is 22.4 Å². The highest BCUT2D eigenvalue weighted by atomic mass is 79.9. The van der Waals surface area contributed by atoms with Crippen LogP contribution in [0.3, 0.4) is 0 Å². The minimum atomic E-state index is 0.174. The molecule has 0 radical (unpaired) electrons. The Labute approximate surface area is 69.7 Å². The van der Waals surface area contributed by atoms with E-state index in [4.69, 9.17) is 0 Å². The van der Waals surface area contributed by atoms with E-state index in [-0.39, 0.29) is 6.04 Å². The number of carbonyl (C=O) groups is 1. The number of aldehydes is 1. The highest BCUT2D eigenvalue weighted by molar-refractivity contribution is 9.09. The molecule has 1 saturated heterocycles. The lowest BCUT2D eigenvalue weighted by Gasteiger charge is -2.29. The Morgan fingerprint density at radius 1 is 1.60 bits per heavy atom. The zero-order valence-electron chi connectivity index (χ0n) is 5.92. The molecule has 1 fully saturated rings. The summed E-state index contributed by atoms with van der Waals surface area (Å²) in [6, 6.07) is 0.174. The van der Waals surface area contributed by atoms with Crippen LogP contribution in [0.25, 0.3) is 0 Å². The number of nitrogens with zero attached hydrogens (tertiary/aromatic N) is 1. The quantitative estimate of drug-likeness (QED) is 0.386. The lowest BCUT2D eigenvalue weighted by Crippen LogP contribution is -2.39. The summed E-state index contributed by atoms with van der Waals surface area (Å²) in [6.07, 6.45) is 4.53. The number of hydrogen-bond acceptors (Lipinski definition) is 2. The van der Waals surface area contributed by atoms with Crippen LogP contribution in [-0.4, -0.2) is 29.2 Å². The van der Waals surface area contributed by atoms with Gasteiger partial charge in [0.1, 0.15) is 6.29 Å². The number of likely N-dealkylation sites (tertiary alicyclic amines) is 1. The van der Waals surface area contributed by atoms with Gasteiger partial charge in [-0.2, -0.15) is 0 Å². The van der Waals surface area contributed by atoms with Crippen LogP contribution in [0.1, 0.15) is 19.3 Å². The summed E-state index contributed by atoms with van der Waals surface area (Å²) < 4.78 is 0. The van der Waals surface area contributed by atoms with E-state index in [0.717, 1.165) is 24.7 Å². The molecule has 3 heteroatoms. The van der Waals surface area contributed by atoms with Crippen molar-refractivity contribution in [1.82, 2.24) is 4.90 Å². The predicted octanol–water partition coefficient (Wildman–Crippen LogP) is 1.39. The Morgan fingerprint density at radius 2 is 2.40 bits per heavy atom. The van der Waals surface area contributed by atoms with E-state index >= 15 is 0 Å². The molecular weight excluding hydrogens is 194 g/mol. The van der Waals surface area contributed by atoms with Gasteiger partial charge in [-0.3, -0.25) is 4.90 Å². The summed E-state index contributed by atoms with van der Waals surface area (Å²) in [4.78, 5) is 12.6. The maximum Gasteiger partial charge on any atom is 0.137 e. The predicted molar refractivity (Wildman–Crippen MR) is 44.2 cm³/mol. The van der Waals surface area contributed by atoms with Crippen molar-refractivity contribution < 1.29 is 4.79 Å². The van der Waals surface area contributed by atoms with Gasteiger partial charge in [0.2, 0.25) is 0 Å². The first kappa shape index (κ1) is 8.21. The topological polar surface area (TPSA) is 20.3 Å². The van der Waals surface area contributed by atoms with E-state index in [2.05, 4.69) is 20.8 Å². The van der Waals surface area contributed by atoms with Crippen LogP contribution in [0.4, 0.5) is 0 Å². The third kappa shape index (κ3) is 1.80. The largest absolute Gasteiger partial charge is 0.302 e. The standard InChI is InChI=1S/C7H12BrNO/c8-6-9-4-2-1-3-7(9)5-10/h5,7H,1-4,6H2. The van der Waals surface area contributed by atoms with Crippen molar-refractivity contribution in [2.24, 2.45) is 0 Å². The first-order valence-electron chi connectivity index (χ1n) is 3.64. The number of halogens is 1. The first-order valence-corrected chi connectivity index (χ1v) is 4.76. The molecule has 1 unspecified atom stereocenters. The lowest BCUT2D eigenvalue weighted by atomic mass is 10.0. The number of rotatable bonds is 2. The molecule has 0 N–H and O–H groups in total. The van der Waals surface area contributed by atoms with E-state index in [9.17, 15) is 4.79 Å². The minimum Gasteiger partial charge on any atom is -0.302 e. The Kier molecular flexibility index (Phi) is 3.35. The van der Waals surface area contributed by atoms with Crippen LogP contribution >= 0.6 is 15.9 Å². The van der Waals surface area contributed by atoms with Gasteiger partial charge in [-0.15, -0.1) is 0 Å². The molecule has 0 saturated carbocycles. The van der Waals surface area contributed by atoms with E-state index in [1.165, 1.54) is 12.8 Å². The van der Waals surface area contributed by atoms with Gasteiger partial charge in [-0.05, 0) is 19.4 Å². The Bertz CT molecular complexity index is 118. The number of hydrogen-bond donors (Lipinski definition) is 0. The van der Waals surface area contributed by atoms with Gasteiger partial charge in [0.05, 0.1) is 11.5 Å². The van der Waals surface area contributed by atoms with Gasteiger partial charge >= 0.3 is 0 Å². The monoisotopic (exact) mass is 205 g/mol. The summed E-state index contributed by atoms with van der Waals surface area (Å²) in [7, 11) is 0. The smallest absolute Gasteiger partial charge is 0.137 e. The maximum absolute atomic E-state index is 10.5. The zero-order valence-corrected chi connectivity index (χ0v) is 7.51. The SMILES string of the molecule is O=CC1CCCCN1CBr. The fourth-order valence-electron chi connectivity index (χ4n) is 1.32. The van der Waals surface area contributed by atoms with Crippen LogP contribution in [0.5, 0.6) is 0 Å². The van der Waals surface area contributed by atoms with Crippen molar-refractivity contribution in [3.8, 4) is 0 Å². The van der Waals surface area contributed by atoms with Crippen LogP contribution in [0.15, 0.2) is 0 Å². The molecule has 1 heterocycles. The molecule has 0 bridgehead atoms. The van der Waals surface area contributed by atoms with Gasteiger partial charge in [0.25, 0.3) is 0 Å². The van der Waals surface area contributed by atoms with Crippen molar-refractivity contribution in [2.75, 3.05) is 12.0 Å². The molecule has 1 rings (SSSR count). The molecule has 2 nitrogen and oxygen atoms in total. The molecule has 10 heavy (non-hydrogen) atoms. The van der Waals surface area contributed by atoms with E-state index < -0.39 is 0 Å². The summed E-state index contributed by atoms with van der Waals surface area (Å²) in [5.41, 5.74) is 0.830. The van der Waals surface area contributed by atoms with E-state index in [1.807, 2.05) is 0 Å². The molecule has 58 valence electrons. The van der Waals surface area contributed by atoms with E-state index in [1.54, 1.807) is 0 Å². The second kappa shape index (κ2) is 4.09. The van der Waals surface area contributed by atoms with Crippen molar-refractivity contribution in [3.63, 3.8) is 0 Å². The Hall–Kier alpha value is 0.110. The third-order valence-corrected chi connectivity index (χ3v) is 2.62. The highest BCUT2D eigenvalue weighted by Crippen LogP contribution is 2.15. The lowest BCUT2D eigenvalue weighted by molar-refractivity contribution is -0.113. The van der Waals surface area contributed by atoms with Crippen molar-refractivity contribution in [2.45, 2.75) is 25.3 Å². The molecule has 0 spiro atoms. The minimum absolute atomic E-state index is 0.174. The molecule has 1 atom stereocenters. The highest BCUT2D eigenvalue weighted by Gasteiger charge is 2.19. The number of carbonyl (C=O) groups excluding carboxylic acids is 1. The fraction of sp³-hybridized carbons (Fsp3) is 0.857. The van der Waals surface area contributed by atoms with Gasteiger partial charge in [-0.25, -0.2) is 0 Å². The van der Waals surface area contributed by atoms with Crippen LogP contribution in [0, 0.1) is 0 Å². The molecule has 1 aliphatic heterocycles. The molecule has 0 amide bonds. The second-order valence-corrected chi connectivity index (χ2v) is 3.13. The molecular formula is C7H12BrNO. The maximum atomic E-state index is 10.5. The van der Waals surface area contributed by atoms with E-state index in [0.29, 0.717) is 0 Å². The molecule has 0 aromatic heterocycles. The van der Waals surface area contributed by atoms with Crippen molar-refractivity contribution in [3.05, 3.63) is 0 Å². The van der Waals surface area contributed by atoms with Crippen molar-refractivity contribution in [1.29, 1.82) is 0 Å². The molecule has 0 aromatic rings. The van der Waals surface area contributed by atoms with Gasteiger partial charge in [0.15, 0.2) is 0 Å². The summed E-state index contributed by atoms with van der Waals surface area (Å²) in [6.45, 7) is 1.06. The molecule has 0 aliphatic carbocycles. The molecule has 1 aliphatic rings. The Morgan fingerprint density at radius 3 is 2.90 bits per heavy atom. The average molecular weight is 206 g/mol. The van der Waals surface area contributed by atoms with Crippen LogP contribution in [-0.2, 0) is 4.79 Å². The average Bonchev–Trinajstić information content (AvgIpc) is 2.04. The number of piperidine rings is 1. The summed E-state index contributed by atoms with van der Waals surface area (Å²) >= 11 is 3.36. The summed E-state index contributed by atoms with van der Waals surface area (Å²) in [5.74, 6) is 0. The number of alkyl halides is 1. The fourth-order valence-corrected chi connectivity index (χ4v) is 1.94. The van der Waals surface area contributed by atoms with Crippen LogP contribution in [0.2, 0.25) is 0 Å². The van der Waals surface area contributed by atoms with Crippen LogP contribution < -0.4 is 0 Å². The van der Waals surface area contributed by atoms with Gasteiger partial charge < -0.3 is 4.79 Å². The summed E-state index contributed by atoms with van der Waals surface area (Å²) in [5, 5.41) is 0. The van der Waals surface area contributed by atoms with Crippen molar-refractivity contribution >= 4 is 22.2 Å². The molecule has 0 aromatic carbocycles. The second-order valence-electron chi connectivity index (χ2n) is 2.63. The third-order valence-electron chi connectivity index (χ3n) is 1.97. The van der Waals surface area contributed by atoms with Gasteiger partial charge in [0, 0.05) is 0 Å². The zero-order chi connectivity index (χ0) is 7.40. The first-order chi connectivity index (χ1) is 4.88. The Balaban J connectivity index is 2.41. The normalized spacial score (nSPS) is 28.3.